The first-order valence-electron chi connectivity index (χ1n) is 6.50. The summed E-state index contributed by atoms with van der Waals surface area (Å²) in [5.74, 6) is -3.26. The molecule has 0 saturated heterocycles. The molecule has 0 fully saturated rings. The number of carbonyl (C=O) groups is 1. The summed E-state index contributed by atoms with van der Waals surface area (Å²) in [5.41, 5.74) is 1.90. The van der Waals surface area contributed by atoms with E-state index in [2.05, 4.69) is 0 Å². The molecule has 0 spiro atoms. The Balaban J connectivity index is 2.69. The molecule has 0 aliphatic heterocycles. The Bertz CT molecular complexity index is 618. The van der Waals surface area contributed by atoms with Gasteiger partial charge in [0.05, 0.1) is 0 Å². The zero-order chi connectivity index (χ0) is 14.8. The summed E-state index contributed by atoms with van der Waals surface area (Å²) in [6, 6.07) is 13.6. The summed E-state index contributed by atoms with van der Waals surface area (Å²) in [6.45, 7) is 4.03. The van der Waals surface area contributed by atoms with Gasteiger partial charge >= 0.3 is 5.92 Å². The van der Waals surface area contributed by atoms with Gasteiger partial charge in [-0.25, -0.2) is 0 Å². The zero-order valence-corrected chi connectivity index (χ0v) is 11.4. The van der Waals surface area contributed by atoms with Crippen molar-refractivity contribution in [2.45, 2.75) is 25.7 Å². The molecule has 0 heterocycles. The van der Waals surface area contributed by atoms with E-state index in [9.17, 15) is 13.6 Å². The van der Waals surface area contributed by atoms with Gasteiger partial charge in [0.25, 0.3) is 0 Å². The average molecular weight is 274 g/mol. The van der Waals surface area contributed by atoms with Crippen LogP contribution >= 0.6 is 0 Å². The smallest absolute Gasteiger partial charge is 0.296 e. The first-order chi connectivity index (χ1) is 9.47. The van der Waals surface area contributed by atoms with Crippen molar-refractivity contribution < 1.29 is 13.6 Å². The molecule has 104 valence electrons. The standard InChI is InChI=1S/C17H16F2O/c1-12(2)13-7-3-4-8-14(13)15-9-5-6-10-16(15)17(18,19)11-20/h3-12H,1-2H3. The fourth-order valence-electron chi connectivity index (χ4n) is 2.32. The van der Waals surface area contributed by atoms with E-state index in [0.29, 0.717) is 5.56 Å². The van der Waals surface area contributed by atoms with Crippen molar-refractivity contribution in [2.75, 3.05) is 0 Å². The Morgan fingerprint density at radius 3 is 2.10 bits per heavy atom. The second kappa shape index (κ2) is 5.53. The highest BCUT2D eigenvalue weighted by molar-refractivity contribution is 5.77. The van der Waals surface area contributed by atoms with Gasteiger partial charge in [0.15, 0.2) is 6.29 Å². The molecule has 0 saturated carbocycles. The van der Waals surface area contributed by atoms with E-state index in [1.807, 2.05) is 38.1 Å². The molecule has 0 atom stereocenters. The van der Waals surface area contributed by atoms with Crippen LogP contribution in [-0.2, 0) is 10.7 Å². The van der Waals surface area contributed by atoms with Crippen LogP contribution in [0.5, 0.6) is 0 Å². The second-order valence-corrected chi connectivity index (χ2v) is 5.03. The molecule has 0 aliphatic carbocycles. The maximum atomic E-state index is 13.8. The minimum atomic E-state index is -3.47. The Morgan fingerprint density at radius 1 is 0.950 bits per heavy atom. The van der Waals surface area contributed by atoms with Crippen molar-refractivity contribution >= 4 is 6.29 Å². The van der Waals surface area contributed by atoms with Gasteiger partial charge in [0.1, 0.15) is 0 Å². The number of aldehydes is 1. The maximum absolute atomic E-state index is 13.8. The van der Waals surface area contributed by atoms with Crippen LogP contribution in [0.25, 0.3) is 11.1 Å². The first kappa shape index (κ1) is 14.4. The lowest BCUT2D eigenvalue weighted by atomic mass is 9.89. The molecular formula is C17H16F2O. The average Bonchev–Trinajstić information content (AvgIpc) is 2.47. The molecule has 0 unspecified atom stereocenters. The lowest BCUT2D eigenvalue weighted by Gasteiger charge is -2.18. The molecular weight excluding hydrogens is 258 g/mol. The summed E-state index contributed by atoms with van der Waals surface area (Å²) in [6.07, 6.45) is -0.302. The third-order valence-electron chi connectivity index (χ3n) is 3.31. The monoisotopic (exact) mass is 274 g/mol. The van der Waals surface area contributed by atoms with Gasteiger partial charge in [-0.05, 0) is 22.6 Å². The van der Waals surface area contributed by atoms with Gasteiger partial charge in [-0.1, -0.05) is 62.4 Å². The quantitative estimate of drug-likeness (QED) is 0.734. The van der Waals surface area contributed by atoms with Gasteiger partial charge in [-0.2, -0.15) is 8.78 Å². The number of alkyl halides is 2. The van der Waals surface area contributed by atoms with E-state index in [4.69, 9.17) is 0 Å². The van der Waals surface area contributed by atoms with E-state index in [0.717, 1.165) is 11.1 Å². The van der Waals surface area contributed by atoms with Crippen LogP contribution in [0.4, 0.5) is 8.78 Å². The summed E-state index contributed by atoms with van der Waals surface area (Å²) < 4.78 is 27.6. The Hall–Kier alpha value is -2.03. The van der Waals surface area contributed by atoms with E-state index < -0.39 is 5.92 Å². The molecule has 20 heavy (non-hydrogen) atoms. The van der Waals surface area contributed by atoms with Crippen molar-refractivity contribution in [3.05, 3.63) is 59.7 Å². The molecule has 2 aromatic carbocycles. The third kappa shape index (κ3) is 2.62. The highest BCUT2D eigenvalue weighted by Gasteiger charge is 2.33. The van der Waals surface area contributed by atoms with Crippen LogP contribution in [0.15, 0.2) is 48.5 Å². The highest BCUT2D eigenvalue weighted by atomic mass is 19.3. The third-order valence-corrected chi connectivity index (χ3v) is 3.31. The Labute approximate surface area is 117 Å². The van der Waals surface area contributed by atoms with Crippen LogP contribution in [-0.4, -0.2) is 6.29 Å². The van der Waals surface area contributed by atoms with Crippen LogP contribution in [0, 0.1) is 0 Å². The lowest BCUT2D eigenvalue weighted by Crippen LogP contribution is -2.16. The molecule has 0 aromatic heterocycles. The zero-order valence-electron chi connectivity index (χ0n) is 11.4. The second-order valence-electron chi connectivity index (χ2n) is 5.03. The Kier molecular flexibility index (Phi) is 3.98. The van der Waals surface area contributed by atoms with Crippen LogP contribution < -0.4 is 0 Å². The number of hydrogen-bond donors (Lipinski definition) is 0. The van der Waals surface area contributed by atoms with Crippen molar-refractivity contribution in [3.63, 3.8) is 0 Å². The molecule has 0 amide bonds. The number of rotatable bonds is 4. The largest absolute Gasteiger partial charge is 0.328 e. The van der Waals surface area contributed by atoms with Gasteiger partial charge in [0.2, 0.25) is 0 Å². The van der Waals surface area contributed by atoms with Crippen molar-refractivity contribution in [2.24, 2.45) is 0 Å². The fraction of sp³-hybridized carbons (Fsp3) is 0.235. The van der Waals surface area contributed by atoms with Gasteiger partial charge in [0, 0.05) is 5.56 Å². The van der Waals surface area contributed by atoms with Gasteiger partial charge in [-0.15, -0.1) is 0 Å². The molecule has 0 N–H and O–H groups in total. The Morgan fingerprint density at radius 2 is 1.50 bits per heavy atom. The summed E-state index contributed by atoms with van der Waals surface area (Å²) >= 11 is 0. The minimum absolute atomic E-state index is 0.212. The SMILES string of the molecule is CC(C)c1ccccc1-c1ccccc1C(F)(F)C=O. The van der Waals surface area contributed by atoms with Gasteiger partial charge in [-0.3, -0.25) is 4.79 Å². The molecule has 0 radical (unpaired) electrons. The summed E-state index contributed by atoms with van der Waals surface area (Å²) in [4.78, 5) is 10.7. The van der Waals surface area contributed by atoms with Crippen LogP contribution in [0.3, 0.4) is 0 Å². The van der Waals surface area contributed by atoms with Crippen molar-refractivity contribution in [1.29, 1.82) is 0 Å². The fourth-order valence-corrected chi connectivity index (χ4v) is 2.32. The number of carbonyl (C=O) groups excluding carboxylic acids is 1. The van der Waals surface area contributed by atoms with E-state index in [1.54, 1.807) is 12.1 Å². The topological polar surface area (TPSA) is 17.1 Å². The molecule has 2 rings (SSSR count). The predicted molar refractivity (Wildman–Crippen MR) is 75.9 cm³/mol. The maximum Gasteiger partial charge on any atom is 0.328 e. The summed E-state index contributed by atoms with van der Waals surface area (Å²) in [7, 11) is 0. The molecule has 3 heteroatoms. The lowest BCUT2D eigenvalue weighted by molar-refractivity contribution is -0.130. The molecule has 2 aromatic rings. The number of benzene rings is 2. The summed E-state index contributed by atoms with van der Waals surface area (Å²) in [5, 5.41) is 0. The van der Waals surface area contributed by atoms with Gasteiger partial charge < -0.3 is 0 Å². The predicted octanol–water partition coefficient (Wildman–Crippen LogP) is 4.77. The molecule has 0 aliphatic rings. The van der Waals surface area contributed by atoms with E-state index >= 15 is 0 Å². The molecule has 0 bridgehead atoms. The normalized spacial score (nSPS) is 11.7. The van der Waals surface area contributed by atoms with Crippen molar-refractivity contribution in [1.82, 2.24) is 0 Å². The van der Waals surface area contributed by atoms with Crippen LogP contribution in [0.2, 0.25) is 0 Å². The first-order valence-corrected chi connectivity index (χ1v) is 6.50. The minimum Gasteiger partial charge on any atom is -0.296 e. The van der Waals surface area contributed by atoms with E-state index in [1.165, 1.54) is 12.1 Å². The highest BCUT2D eigenvalue weighted by Crippen LogP contribution is 2.37. The van der Waals surface area contributed by atoms with E-state index in [-0.39, 0.29) is 17.8 Å². The number of hydrogen-bond acceptors (Lipinski definition) is 1. The van der Waals surface area contributed by atoms with Crippen LogP contribution in [0.1, 0.15) is 30.9 Å². The molecule has 1 nitrogen and oxygen atoms in total. The van der Waals surface area contributed by atoms with Crippen molar-refractivity contribution in [3.8, 4) is 11.1 Å². The number of halogens is 2.